The highest BCUT2D eigenvalue weighted by Crippen LogP contribution is 2.33. The van der Waals surface area contributed by atoms with Crippen molar-refractivity contribution in [3.8, 4) is 0 Å². The van der Waals surface area contributed by atoms with E-state index in [0.29, 0.717) is 6.54 Å². The largest absolute Gasteiger partial charge is 0.384 e. The summed E-state index contributed by atoms with van der Waals surface area (Å²) in [5, 5.41) is 3.16. The Hall–Kier alpha value is -2.23. The third kappa shape index (κ3) is 1.66. The maximum absolute atomic E-state index is 13.6. The molecular weight excluding hydrogens is 231 g/mol. The Morgan fingerprint density at radius 3 is 3.00 bits per heavy atom. The molecule has 1 aromatic heterocycles. The fraction of sp³-hybridized carbons (Fsp3) is 0.143. The van der Waals surface area contributed by atoms with E-state index in [0.717, 1.165) is 17.4 Å². The molecule has 90 valence electrons. The van der Waals surface area contributed by atoms with Crippen LogP contribution in [0.2, 0.25) is 0 Å². The molecule has 1 atom stereocenters. The van der Waals surface area contributed by atoms with E-state index in [1.807, 2.05) is 24.3 Å². The fourth-order valence-electron chi connectivity index (χ4n) is 2.28. The Morgan fingerprint density at radius 2 is 2.17 bits per heavy atom. The first-order valence-corrected chi connectivity index (χ1v) is 5.74. The molecule has 0 amide bonds. The number of pyridine rings is 1. The van der Waals surface area contributed by atoms with E-state index in [1.165, 1.54) is 12.3 Å². The lowest BCUT2D eigenvalue weighted by Crippen LogP contribution is -2.16. The van der Waals surface area contributed by atoms with E-state index in [9.17, 15) is 9.18 Å². The molecule has 1 aromatic carbocycles. The second-order valence-corrected chi connectivity index (χ2v) is 4.24. The van der Waals surface area contributed by atoms with Crippen LogP contribution in [0, 0.1) is 5.82 Å². The van der Waals surface area contributed by atoms with Gasteiger partial charge in [-0.15, -0.1) is 0 Å². The molecule has 4 heteroatoms. The summed E-state index contributed by atoms with van der Waals surface area (Å²) in [5.41, 5.74) is 1.98. The number of ketones is 1. The van der Waals surface area contributed by atoms with E-state index in [2.05, 4.69) is 10.3 Å². The number of fused-ring (bicyclic) bond motifs is 1. The van der Waals surface area contributed by atoms with Crippen molar-refractivity contribution in [3.05, 3.63) is 59.7 Å². The van der Waals surface area contributed by atoms with Crippen molar-refractivity contribution in [1.29, 1.82) is 0 Å². The van der Waals surface area contributed by atoms with Gasteiger partial charge in [0.25, 0.3) is 0 Å². The molecule has 0 spiro atoms. The average Bonchev–Trinajstić information content (AvgIpc) is 2.82. The van der Waals surface area contributed by atoms with E-state index in [4.69, 9.17) is 0 Å². The molecule has 18 heavy (non-hydrogen) atoms. The van der Waals surface area contributed by atoms with Gasteiger partial charge >= 0.3 is 0 Å². The lowest BCUT2D eigenvalue weighted by atomic mass is 9.92. The van der Waals surface area contributed by atoms with E-state index in [1.54, 1.807) is 0 Å². The molecule has 0 bridgehead atoms. The first-order chi connectivity index (χ1) is 8.77. The molecule has 1 N–H and O–H groups in total. The molecule has 1 aliphatic rings. The molecule has 1 unspecified atom stereocenters. The molecule has 0 saturated heterocycles. The van der Waals surface area contributed by atoms with Crippen molar-refractivity contribution in [3.63, 3.8) is 0 Å². The number of Topliss-reactive ketones (excluding diaryl/α,β-unsaturated/α-hetero) is 1. The average molecular weight is 242 g/mol. The van der Waals surface area contributed by atoms with Crippen LogP contribution >= 0.6 is 0 Å². The zero-order chi connectivity index (χ0) is 12.5. The van der Waals surface area contributed by atoms with Crippen molar-refractivity contribution in [2.24, 2.45) is 0 Å². The number of hydrogen-bond acceptors (Lipinski definition) is 3. The predicted molar refractivity (Wildman–Crippen MR) is 66.2 cm³/mol. The summed E-state index contributed by atoms with van der Waals surface area (Å²) in [6.45, 7) is 0.514. The van der Waals surface area contributed by atoms with Gasteiger partial charge in [0.05, 0.1) is 17.7 Å². The first-order valence-electron chi connectivity index (χ1n) is 5.74. The SMILES string of the molecule is O=C(c1ccncc1F)C1CNc2ccccc21. The number of carbonyl (C=O) groups excluding carboxylic acids is 1. The topological polar surface area (TPSA) is 42.0 Å². The molecule has 2 aromatic rings. The van der Waals surface area contributed by atoms with Crippen LogP contribution in [0.15, 0.2) is 42.7 Å². The summed E-state index contributed by atoms with van der Waals surface area (Å²) in [4.78, 5) is 16.0. The Balaban J connectivity index is 1.99. The number of carbonyl (C=O) groups is 1. The number of hydrogen-bond donors (Lipinski definition) is 1. The summed E-state index contributed by atoms with van der Waals surface area (Å²) in [5.74, 6) is -1.09. The van der Waals surface area contributed by atoms with Gasteiger partial charge in [0.2, 0.25) is 0 Å². The summed E-state index contributed by atoms with van der Waals surface area (Å²) in [7, 11) is 0. The summed E-state index contributed by atoms with van der Waals surface area (Å²) in [6, 6.07) is 9.04. The van der Waals surface area contributed by atoms with Gasteiger partial charge in [-0.05, 0) is 17.7 Å². The Kier molecular flexibility index (Phi) is 2.55. The molecule has 0 saturated carbocycles. The minimum absolute atomic E-state index is 0.105. The number of benzene rings is 1. The third-order valence-corrected chi connectivity index (χ3v) is 3.19. The van der Waals surface area contributed by atoms with Gasteiger partial charge < -0.3 is 5.32 Å². The van der Waals surface area contributed by atoms with E-state index < -0.39 is 5.82 Å². The smallest absolute Gasteiger partial charge is 0.175 e. The summed E-state index contributed by atoms with van der Waals surface area (Å²) in [6.07, 6.45) is 2.51. The van der Waals surface area contributed by atoms with Crippen LogP contribution in [0.25, 0.3) is 0 Å². The van der Waals surface area contributed by atoms with Gasteiger partial charge in [-0.3, -0.25) is 9.78 Å². The number of anilines is 1. The molecule has 0 aliphatic carbocycles. The lowest BCUT2D eigenvalue weighted by molar-refractivity contribution is 0.0962. The Morgan fingerprint density at radius 1 is 1.33 bits per heavy atom. The molecule has 3 rings (SSSR count). The van der Waals surface area contributed by atoms with Crippen molar-refractivity contribution in [2.75, 3.05) is 11.9 Å². The maximum Gasteiger partial charge on any atom is 0.175 e. The van der Waals surface area contributed by atoms with Gasteiger partial charge in [-0.25, -0.2) is 4.39 Å². The molecule has 3 nitrogen and oxygen atoms in total. The van der Waals surface area contributed by atoms with E-state index >= 15 is 0 Å². The van der Waals surface area contributed by atoms with Crippen molar-refractivity contribution >= 4 is 11.5 Å². The highest BCUT2D eigenvalue weighted by Gasteiger charge is 2.30. The molecule has 1 aliphatic heterocycles. The standard InChI is InChI=1S/C14H11FN2O/c15-12-8-16-6-5-10(12)14(18)11-7-17-13-4-2-1-3-9(11)13/h1-6,8,11,17H,7H2. The molecule has 2 heterocycles. The highest BCUT2D eigenvalue weighted by atomic mass is 19.1. The van der Waals surface area contributed by atoms with E-state index in [-0.39, 0.29) is 17.3 Å². The number of nitrogens with zero attached hydrogens (tertiary/aromatic N) is 1. The maximum atomic E-state index is 13.6. The number of para-hydroxylation sites is 1. The third-order valence-electron chi connectivity index (χ3n) is 3.19. The predicted octanol–water partition coefficient (Wildman–Crippen LogP) is 2.61. The van der Waals surface area contributed by atoms with Crippen LogP contribution < -0.4 is 5.32 Å². The van der Waals surface area contributed by atoms with Crippen LogP contribution in [0.3, 0.4) is 0 Å². The zero-order valence-corrected chi connectivity index (χ0v) is 9.56. The van der Waals surface area contributed by atoms with Gasteiger partial charge in [-0.1, -0.05) is 18.2 Å². The summed E-state index contributed by atoms with van der Waals surface area (Å²) >= 11 is 0. The molecular formula is C14H11FN2O. The van der Waals surface area contributed by atoms with Crippen molar-refractivity contribution in [1.82, 2.24) is 4.98 Å². The summed E-state index contributed by atoms with van der Waals surface area (Å²) < 4.78 is 13.6. The zero-order valence-electron chi connectivity index (χ0n) is 9.56. The first kappa shape index (κ1) is 10.9. The Bertz CT molecular complexity index is 612. The van der Waals surface area contributed by atoms with Gasteiger partial charge in [0.15, 0.2) is 11.6 Å². The fourth-order valence-corrected chi connectivity index (χ4v) is 2.28. The van der Waals surface area contributed by atoms with Gasteiger partial charge in [0.1, 0.15) is 0 Å². The monoisotopic (exact) mass is 242 g/mol. The minimum atomic E-state index is -0.563. The lowest BCUT2D eigenvalue weighted by Gasteiger charge is -2.09. The normalized spacial score (nSPS) is 17.1. The van der Waals surface area contributed by atoms with Crippen LogP contribution in [0.4, 0.5) is 10.1 Å². The quantitative estimate of drug-likeness (QED) is 0.823. The second kappa shape index (κ2) is 4.22. The van der Waals surface area contributed by atoms with Crippen LogP contribution in [0.5, 0.6) is 0 Å². The van der Waals surface area contributed by atoms with Crippen LogP contribution in [-0.4, -0.2) is 17.3 Å². The van der Waals surface area contributed by atoms with Gasteiger partial charge in [-0.2, -0.15) is 0 Å². The highest BCUT2D eigenvalue weighted by molar-refractivity contribution is 6.03. The second-order valence-electron chi connectivity index (χ2n) is 4.24. The molecule has 0 radical (unpaired) electrons. The van der Waals surface area contributed by atoms with Crippen molar-refractivity contribution in [2.45, 2.75) is 5.92 Å². The number of aromatic nitrogens is 1. The van der Waals surface area contributed by atoms with Crippen LogP contribution in [0.1, 0.15) is 21.8 Å². The number of rotatable bonds is 2. The van der Waals surface area contributed by atoms with Crippen molar-refractivity contribution < 1.29 is 9.18 Å². The number of nitrogens with one attached hydrogen (secondary N) is 1. The Labute approximate surface area is 104 Å². The number of halogens is 1. The molecule has 0 fully saturated rings. The van der Waals surface area contributed by atoms with Gasteiger partial charge in [0, 0.05) is 18.4 Å². The van der Waals surface area contributed by atoms with Crippen LogP contribution in [-0.2, 0) is 0 Å². The minimum Gasteiger partial charge on any atom is -0.384 e.